The van der Waals surface area contributed by atoms with E-state index in [-0.39, 0.29) is 24.5 Å². The molecule has 0 unspecified atom stereocenters. The molecule has 0 atom stereocenters. The van der Waals surface area contributed by atoms with Crippen molar-refractivity contribution in [3.05, 3.63) is 35.9 Å². The molecule has 3 heteroatoms. The van der Waals surface area contributed by atoms with E-state index < -0.39 is 0 Å². The molecule has 0 bridgehead atoms. The van der Waals surface area contributed by atoms with Gasteiger partial charge in [-0.2, -0.15) is 0 Å². The van der Waals surface area contributed by atoms with Crippen molar-refractivity contribution < 1.29 is 23.6 Å². The Labute approximate surface area is 96.6 Å². The van der Waals surface area contributed by atoms with Crippen LogP contribution in [0.15, 0.2) is 29.3 Å². The molecule has 0 fully saturated rings. The molecule has 2 rings (SSSR count). The van der Waals surface area contributed by atoms with Crippen LogP contribution < -0.4 is 18.9 Å². The third kappa shape index (κ3) is 2.40. The van der Waals surface area contributed by atoms with Crippen LogP contribution in [0.25, 0.3) is 0 Å². The summed E-state index contributed by atoms with van der Waals surface area (Å²) in [6, 6.07) is 10.8. The van der Waals surface area contributed by atoms with Crippen LogP contribution in [-0.4, -0.2) is 18.0 Å². The van der Waals surface area contributed by atoms with Gasteiger partial charge in [-0.3, -0.25) is 4.99 Å². The zero-order valence-electron chi connectivity index (χ0n) is 8.87. The van der Waals surface area contributed by atoms with Crippen LogP contribution in [0.4, 0.5) is 0 Å². The van der Waals surface area contributed by atoms with E-state index in [9.17, 15) is 0 Å². The maximum Gasteiger partial charge on any atom is 1.00 e. The molecule has 0 saturated heterocycles. The van der Waals surface area contributed by atoms with E-state index in [0.29, 0.717) is 5.90 Å². The van der Waals surface area contributed by atoms with Crippen LogP contribution >= 0.6 is 0 Å². The Kier molecular flexibility index (Phi) is 3.42. The number of hydrogen-bond donors (Lipinski definition) is 0. The quantitative estimate of drug-likeness (QED) is 0.404. The van der Waals surface area contributed by atoms with Gasteiger partial charge < -0.3 is 4.74 Å². The monoisotopic (exact) mass is 181 g/mol. The van der Waals surface area contributed by atoms with Gasteiger partial charge in [0, 0.05) is 0 Å². The number of benzene rings is 1. The topological polar surface area (TPSA) is 21.6 Å². The fourth-order valence-electron chi connectivity index (χ4n) is 1.25. The summed E-state index contributed by atoms with van der Waals surface area (Å²) >= 11 is 0. The second kappa shape index (κ2) is 4.21. The molecule has 0 saturated carbocycles. The van der Waals surface area contributed by atoms with Crippen molar-refractivity contribution in [2.24, 2.45) is 4.99 Å². The average Bonchev–Trinajstić information content (AvgIpc) is 2.48. The summed E-state index contributed by atoms with van der Waals surface area (Å²) < 4.78 is 5.65. The van der Waals surface area contributed by atoms with Crippen LogP contribution in [-0.2, 0) is 4.74 Å². The maximum atomic E-state index is 5.65. The van der Waals surface area contributed by atoms with E-state index in [0.717, 1.165) is 12.1 Å². The van der Waals surface area contributed by atoms with Crippen molar-refractivity contribution in [2.45, 2.75) is 19.4 Å². The van der Waals surface area contributed by atoms with Crippen LogP contribution in [0.1, 0.15) is 19.4 Å². The summed E-state index contributed by atoms with van der Waals surface area (Å²) in [6.07, 6.45) is 0. The van der Waals surface area contributed by atoms with Gasteiger partial charge >= 0.3 is 18.9 Å². The van der Waals surface area contributed by atoms with E-state index in [2.05, 4.69) is 11.1 Å². The Morgan fingerprint density at radius 3 is 2.71 bits per heavy atom. The summed E-state index contributed by atoms with van der Waals surface area (Å²) in [6.45, 7) is 4.80. The minimum Gasteiger partial charge on any atom is -0.513 e. The van der Waals surface area contributed by atoms with Crippen LogP contribution in [0.3, 0.4) is 0 Å². The van der Waals surface area contributed by atoms with Gasteiger partial charge in [0.05, 0.1) is 6.54 Å². The SMILES string of the molecule is CC1(C)CN=C(c2[c-]cccc2)O1.[Li+]. The number of rotatable bonds is 1. The summed E-state index contributed by atoms with van der Waals surface area (Å²) in [5.41, 5.74) is 0.784. The van der Waals surface area contributed by atoms with Crippen molar-refractivity contribution >= 4 is 5.90 Å². The first-order chi connectivity index (χ1) is 6.17. The molecule has 0 radical (unpaired) electrons. The molecule has 2 nitrogen and oxygen atoms in total. The van der Waals surface area contributed by atoms with Gasteiger partial charge in [-0.1, -0.05) is 5.56 Å². The number of ether oxygens (including phenoxy) is 1. The van der Waals surface area contributed by atoms with Gasteiger partial charge in [0.25, 0.3) is 0 Å². The molecule has 0 aliphatic carbocycles. The Morgan fingerprint density at radius 2 is 2.21 bits per heavy atom. The zero-order chi connectivity index (χ0) is 9.31. The molecular weight excluding hydrogens is 169 g/mol. The van der Waals surface area contributed by atoms with E-state index in [1.165, 1.54) is 0 Å². The maximum absolute atomic E-state index is 5.65. The number of hydrogen-bond acceptors (Lipinski definition) is 2. The standard InChI is InChI=1S/C11H12NO.Li/c1-11(2)8-12-10(13-11)9-6-4-3-5-7-9;/h3-6H,8H2,1-2H3;/q-1;+1. The molecule has 0 N–H and O–H groups in total. The molecule has 14 heavy (non-hydrogen) atoms. The van der Waals surface area contributed by atoms with Gasteiger partial charge in [0.1, 0.15) is 11.5 Å². The van der Waals surface area contributed by atoms with E-state index in [1.54, 1.807) is 0 Å². The molecule has 1 aromatic rings. The number of aliphatic imine (C=N–C) groups is 1. The van der Waals surface area contributed by atoms with Gasteiger partial charge in [-0.15, -0.1) is 30.3 Å². The molecule has 0 aromatic heterocycles. The largest absolute Gasteiger partial charge is 1.00 e. The van der Waals surface area contributed by atoms with Gasteiger partial charge in [-0.05, 0) is 13.8 Å². The summed E-state index contributed by atoms with van der Waals surface area (Å²) in [5, 5.41) is 0. The first kappa shape index (κ1) is 11.4. The zero-order valence-corrected chi connectivity index (χ0v) is 8.87. The van der Waals surface area contributed by atoms with E-state index in [1.807, 2.05) is 38.1 Å². The fourth-order valence-corrected chi connectivity index (χ4v) is 1.25. The summed E-state index contributed by atoms with van der Waals surface area (Å²) in [5.74, 6) is 0.714. The molecular formula is C11H12LiNO. The molecule has 1 aliphatic heterocycles. The smallest absolute Gasteiger partial charge is 0.513 e. The van der Waals surface area contributed by atoms with Gasteiger partial charge in [0.15, 0.2) is 0 Å². The van der Waals surface area contributed by atoms with E-state index >= 15 is 0 Å². The summed E-state index contributed by atoms with van der Waals surface area (Å²) in [4.78, 5) is 4.32. The fraction of sp³-hybridized carbons (Fsp3) is 0.364. The third-order valence-electron chi connectivity index (χ3n) is 1.92. The predicted octanol–water partition coefficient (Wildman–Crippen LogP) is -0.954. The van der Waals surface area contributed by atoms with Crippen molar-refractivity contribution in [1.29, 1.82) is 0 Å². The minimum absolute atomic E-state index is 0. The van der Waals surface area contributed by atoms with Crippen molar-refractivity contribution in [3.8, 4) is 0 Å². The van der Waals surface area contributed by atoms with Crippen molar-refractivity contribution in [1.82, 2.24) is 0 Å². The average molecular weight is 181 g/mol. The first-order valence-corrected chi connectivity index (χ1v) is 4.38. The minimum atomic E-state index is -0.154. The van der Waals surface area contributed by atoms with Gasteiger partial charge in [-0.25, -0.2) is 0 Å². The van der Waals surface area contributed by atoms with Crippen LogP contribution in [0.2, 0.25) is 0 Å². The molecule has 1 aromatic carbocycles. The second-order valence-corrected chi connectivity index (χ2v) is 3.76. The molecule has 1 heterocycles. The van der Waals surface area contributed by atoms with Crippen molar-refractivity contribution in [3.63, 3.8) is 0 Å². The van der Waals surface area contributed by atoms with Crippen molar-refractivity contribution in [2.75, 3.05) is 6.54 Å². The Morgan fingerprint density at radius 1 is 1.43 bits per heavy atom. The van der Waals surface area contributed by atoms with Gasteiger partial charge in [0.2, 0.25) is 0 Å². The number of nitrogens with zero attached hydrogens (tertiary/aromatic N) is 1. The Bertz CT molecular complexity index is 332. The van der Waals surface area contributed by atoms with Crippen LogP contribution in [0.5, 0.6) is 0 Å². The Hall–Kier alpha value is -0.713. The second-order valence-electron chi connectivity index (χ2n) is 3.76. The summed E-state index contributed by atoms with van der Waals surface area (Å²) in [7, 11) is 0. The molecule has 0 spiro atoms. The van der Waals surface area contributed by atoms with Crippen LogP contribution in [0, 0.1) is 6.07 Å². The predicted molar refractivity (Wildman–Crippen MR) is 51.8 cm³/mol. The normalized spacial score (nSPS) is 18.0. The third-order valence-corrected chi connectivity index (χ3v) is 1.92. The Balaban J connectivity index is 0.000000980. The molecule has 1 aliphatic rings. The first-order valence-electron chi connectivity index (χ1n) is 4.38. The molecule has 68 valence electrons. The van der Waals surface area contributed by atoms with E-state index in [4.69, 9.17) is 4.74 Å². The molecule has 0 amide bonds.